The van der Waals surface area contributed by atoms with Crippen molar-refractivity contribution in [2.75, 3.05) is 0 Å². The van der Waals surface area contributed by atoms with Crippen LogP contribution in [-0.2, 0) is 6.54 Å². The summed E-state index contributed by atoms with van der Waals surface area (Å²) in [7, 11) is 0. The number of carboxylic acids is 1. The van der Waals surface area contributed by atoms with Gasteiger partial charge in [0.1, 0.15) is 12.2 Å². The number of aromatic carboxylic acids is 1. The molecule has 1 N–H and O–H groups in total. The molecule has 0 atom stereocenters. The van der Waals surface area contributed by atoms with Crippen molar-refractivity contribution in [3.63, 3.8) is 0 Å². The standard InChI is InChI=1S/C10H7N5O2/c11-3-5-15-9(7-2-1-4-12-6-7)8(10(16)17)13-14-15/h1-2,4,6H,5H2,(H,16,17). The fourth-order valence-corrected chi connectivity index (χ4v) is 1.42. The average molecular weight is 229 g/mol. The predicted molar refractivity (Wildman–Crippen MR) is 55.8 cm³/mol. The van der Waals surface area contributed by atoms with Crippen LogP contribution >= 0.6 is 0 Å². The molecule has 2 heterocycles. The van der Waals surface area contributed by atoms with Gasteiger partial charge in [-0.3, -0.25) is 4.98 Å². The molecule has 0 spiro atoms. The van der Waals surface area contributed by atoms with Crippen LogP contribution in [0.5, 0.6) is 0 Å². The molecule has 0 amide bonds. The van der Waals surface area contributed by atoms with Crippen LogP contribution in [0, 0.1) is 11.3 Å². The van der Waals surface area contributed by atoms with Crippen LogP contribution in [0.4, 0.5) is 0 Å². The van der Waals surface area contributed by atoms with Crippen LogP contribution < -0.4 is 0 Å². The number of hydrogen-bond acceptors (Lipinski definition) is 5. The molecule has 84 valence electrons. The van der Waals surface area contributed by atoms with E-state index >= 15 is 0 Å². The van der Waals surface area contributed by atoms with Gasteiger partial charge in [0.2, 0.25) is 0 Å². The second kappa shape index (κ2) is 4.40. The minimum atomic E-state index is -1.19. The lowest BCUT2D eigenvalue weighted by molar-refractivity contribution is 0.0691. The first kappa shape index (κ1) is 10.8. The van der Waals surface area contributed by atoms with Gasteiger partial charge in [-0.2, -0.15) is 5.26 Å². The van der Waals surface area contributed by atoms with Crippen molar-refractivity contribution in [3.8, 4) is 17.3 Å². The van der Waals surface area contributed by atoms with Crippen LogP contribution in [0.2, 0.25) is 0 Å². The van der Waals surface area contributed by atoms with E-state index in [4.69, 9.17) is 10.4 Å². The van der Waals surface area contributed by atoms with E-state index in [1.807, 2.05) is 6.07 Å². The van der Waals surface area contributed by atoms with Crippen LogP contribution in [0.1, 0.15) is 10.5 Å². The third kappa shape index (κ3) is 1.96. The first-order valence-corrected chi connectivity index (χ1v) is 4.68. The van der Waals surface area contributed by atoms with E-state index < -0.39 is 5.97 Å². The minimum absolute atomic E-state index is 0.0650. The van der Waals surface area contributed by atoms with Gasteiger partial charge < -0.3 is 5.11 Å². The molecule has 0 radical (unpaired) electrons. The first-order valence-electron chi connectivity index (χ1n) is 4.68. The Morgan fingerprint density at radius 1 is 1.59 bits per heavy atom. The Balaban J connectivity index is 2.61. The first-order chi connectivity index (χ1) is 8.24. The summed E-state index contributed by atoms with van der Waals surface area (Å²) >= 11 is 0. The summed E-state index contributed by atoms with van der Waals surface area (Å²) in [5, 5.41) is 24.8. The molecule has 0 bridgehead atoms. The van der Waals surface area contributed by atoms with Crippen LogP contribution in [0.3, 0.4) is 0 Å². The largest absolute Gasteiger partial charge is 0.476 e. The van der Waals surface area contributed by atoms with Crippen molar-refractivity contribution in [3.05, 3.63) is 30.2 Å². The maximum absolute atomic E-state index is 11.0. The molecule has 0 saturated heterocycles. The zero-order valence-electron chi connectivity index (χ0n) is 8.61. The highest BCUT2D eigenvalue weighted by Gasteiger charge is 2.20. The number of rotatable bonds is 3. The number of aromatic nitrogens is 4. The summed E-state index contributed by atoms with van der Waals surface area (Å²) in [5.41, 5.74) is 0.658. The Morgan fingerprint density at radius 3 is 3.00 bits per heavy atom. The molecule has 0 aliphatic carbocycles. The molecule has 0 fully saturated rings. The molecule has 7 nitrogen and oxygen atoms in total. The van der Waals surface area contributed by atoms with Crippen molar-refractivity contribution in [2.45, 2.75) is 6.54 Å². The highest BCUT2D eigenvalue weighted by atomic mass is 16.4. The van der Waals surface area contributed by atoms with Gasteiger partial charge in [0, 0.05) is 18.0 Å². The maximum atomic E-state index is 11.0. The fourth-order valence-electron chi connectivity index (χ4n) is 1.42. The van der Waals surface area contributed by atoms with Crippen molar-refractivity contribution in [1.29, 1.82) is 5.26 Å². The number of nitriles is 1. The van der Waals surface area contributed by atoms with Gasteiger partial charge in [-0.15, -0.1) is 5.10 Å². The summed E-state index contributed by atoms with van der Waals surface area (Å²) in [6.45, 7) is -0.0650. The number of carbonyl (C=O) groups is 1. The van der Waals surface area contributed by atoms with E-state index in [1.54, 1.807) is 18.3 Å². The van der Waals surface area contributed by atoms with Crippen molar-refractivity contribution in [1.82, 2.24) is 20.0 Å². The quantitative estimate of drug-likeness (QED) is 0.824. The molecule has 0 unspecified atom stereocenters. The second-order valence-corrected chi connectivity index (χ2v) is 3.15. The van der Waals surface area contributed by atoms with E-state index in [9.17, 15) is 4.79 Å². The number of pyridine rings is 1. The van der Waals surface area contributed by atoms with Gasteiger partial charge in [0.05, 0.1) is 6.07 Å². The van der Waals surface area contributed by atoms with Gasteiger partial charge in [0.15, 0.2) is 5.69 Å². The minimum Gasteiger partial charge on any atom is -0.476 e. The highest BCUT2D eigenvalue weighted by molar-refractivity contribution is 5.92. The number of nitrogens with zero attached hydrogens (tertiary/aromatic N) is 5. The Kier molecular flexibility index (Phi) is 2.79. The average Bonchev–Trinajstić information content (AvgIpc) is 2.74. The third-order valence-corrected chi connectivity index (χ3v) is 2.09. The molecule has 0 aliphatic rings. The van der Waals surface area contributed by atoms with Gasteiger partial charge in [-0.25, -0.2) is 9.48 Å². The van der Waals surface area contributed by atoms with E-state index in [1.165, 1.54) is 10.9 Å². The van der Waals surface area contributed by atoms with Gasteiger partial charge in [-0.05, 0) is 12.1 Å². The molecular weight excluding hydrogens is 222 g/mol. The molecule has 0 saturated carbocycles. The summed E-state index contributed by atoms with van der Waals surface area (Å²) in [5.74, 6) is -1.19. The van der Waals surface area contributed by atoms with Crippen LogP contribution in [0.15, 0.2) is 24.5 Å². The van der Waals surface area contributed by atoms with Gasteiger partial charge in [0.25, 0.3) is 0 Å². The monoisotopic (exact) mass is 229 g/mol. The SMILES string of the molecule is N#CCn1nnc(C(=O)O)c1-c1cccnc1. The van der Waals surface area contributed by atoms with Crippen molar-refractivity contribution in [2.24, 2.45) is 0 Å². The third-order valence-electron chi connectivity index (χ3n) is 2.09. The van der Waals surface area contributed by atoms with E-state index in [0.29, 0.717) is 5.56 Å². The van der Waals surface area contributed by atoms with Gasteiger partial charge in [-0.1, -0.05) is 5.21 Å². The van der Waals surface area contributed by atoms with Crippen LogP contribution in [-0.4, -0.2) is 31.1 Å². The lowest BCUT2D eigenvalue weighted by atomic mass is 10.1. The molecule has 7 heteroatoms. The molecule has 2 rings (SSSR count). The molecule has 0 aliphatic heterocycles. The Hall–Kier alpha value is -2.75. The highest BCUT2D eigenvalue weighted by Crippen LogP contribution is 2.20. The molecule has 17 heavy (non-hydrogen) atoms. The van der Waals surface area contributed by atoms with Crippen molar-refractivity contribution < 1.29 is 9.90 Å². The number of hydrogen-bond donors (Lipinski definition) is 1. The summed E-state index contributed by atoms with van der Waals surface area (Å²) < 4.78 is 1.24. The van der Waals surface area contributed by atoms with Crippen molar-refractivity contribution >= 4 is 5.97 Å². The van der Waals surface area contributed by atoms with E-state index in [-0.39, 0.29) is 17.9 Å². The Morgan fingerprint density at radius 2 is 2.41 bits per heavy atom. The Bertz CT molecular complexity index is 584. The van der Waals surface area contributed by atoms with Gasteiger partial charge >= 0.3 is 5.97 Å². The normalized spacial score (nSPS) is 9.82. The number of carboxylic acid groups (broad SMARTS) is 1. The topological polar surface area (TPSA) is 105 Å². The van der Waals surface area contributed by atoms with Crippen LogP contribution in [0.25, 0.3) is 11.3 Å². The Labute approximate surface area is 95.9 Å². The molecular formula is C10H7N5O2. The molecule has 2 aromatic rings. The maximum Gasteiger partial charge on any atom is 0.358 e. The lowest BCUT2D eigenvalue weighted by Crippen LogP contribution is -2.04. The molecule has 0 aromatic carbocycles. The summed E-state index contributed by atoms with van der Waals surface area (Å²) in [6.07, 6.45) is 3.07. The summed E-state index contributed by atoms with van der Waals surface area (Å²) in [4.78, 5) is 14.9. The zero-order valence-corrected chi connectivity index (χ0v) is 8.61. The predicted octanol–water partition coefficient (Wildman–Crippen LogP) is 0.562. The molecule has 2 aromatic heterocycles. The zero-order chi connectivity index (χ0) is 12.3. The smallest absolute Gasteiger partial charge is 0.358 e. The van der Waals surface area contributed by atoms with E-state index in [2.05, 4.69) is 15.3 Å². The second-order valence-electron chi connectivity index (χ2n) is 3.15. The summed E-state index contributed by atoms with van der Waals surface area (Å²) in [6, 6.07) is 5.25. The lowest BCUT2D eigenvalue weighted by Gasteiger charge is -2.02. The fraction of sp³-hybridized carbons (Fsp3) is 0.100. The van der Waals surface area contributed by atoms with E-state index in [0.717, 1.165) is 0 Å².